The maximum absolute atomic E-state index is 12.1. The van der Waals surface area contributed by atoms with Gasteiger partial charge in [-0.05, 0) is 31.6 Å². The SMILES string of the molecule is CCc1ccc([C@H](CNc2nc3c(cnn3C)c(=O)[nH]2)N(C)C)cc1. The number of hydrogen-bond donors (Lipinski definition) is 2. The lowest BCUT2D eigenvalue weighted by atomic mass is 10.0. The Morgan fingerprint density at radius 2 is 2.00 bits per heavy atom. The Labute approximate surface area is 146 Å². The maximum atomic E-state index is 12.1. The zero-order chi connectivity index (χ0) is 18.0. The summed E-state index contributed by atoms with van der Waals surface area (Å²) in [5, 5.41) is 7.83. The predicted molar refractivity (Wildman–Crippen MR) is 99.9 cm³/mol. The van der Waals surface area contributed by atoms with Crippen molar-refractivity contribution < 1.29 is 0 Å². The molecule has 0 aliphatic rings. The number of H-pyrrole nitrogens is 1. The molecule has 3 aromatic rings. The van der Waals surface area contributed by atoms with Crippen molar-refractivity contribution in [2.75, 3.05) is 26.0 Å². The number of rotatable bonds is 6. The fraction of sp³-hybridized carbons (Fsp3) is 0.389. The molecule has 2 heterocycles. The van der Waals surface area contributed by atoms with Gasteiger partial charge in [-0.1, -0.05) is 31.2 Å². The molecule has 0 bridgehead atoms. The van der Waals surface area contributed by atoms with Crippen LogP contribution in [0.1, 0.15) is 24.1 Å². The molecule has 0 amide bonds. The number of aromatic nitrogens is 4. The van der Waals surface area contributed by atoms with E-state index >= 15 is 0 Å². The second-order valence-electron chi connectivity index (χ2n) is 6.38. The summed E-state index contributed by atoms with van der Waals surface area (Å²) in [5.74, 6) is 0.457. The Bertz CT molecular complexity index is 909. The fourth-order valence-corrected chi connectivity index (χ4v) is 2.88. The van der Waals surface area contributed by atoms with Crippen molar-refractivity contribution in [2.45, 2.75) is 19.4 Å². The predicted octanol–water partition coefficient (Wildman–Crippen LogP) is 1.93. The number of likely N-dealkylation sites (N-methyl/N-ethyl adjacent to an activating group) is 1. The van der Waals surface area contributed by atoms with E-state index in [9.17, 15) is 4.79 Å². The van der Waals surface area contributed by atoms with Gasteiger partial charge in [0.2, 0.25) is 5.95 Å². The lowest BCUT2D eigenvalue weighted by molar-refractivity contribution is 0.311. The van der Waals surface area contributed by atoms with Crippen molar-refractivity contribution in [1.82, 2.24) is 24.6 Å². The first-order valence-electron chi connectivity index (χ1n) is 8.40. The summed E-state index contributed by atoms with van der Waals surface area (Å²) in [7, 11) is 5.86. The van der Waals surface area contributed by atoms with E-state index in [1.54, 1.807) is 11.7 Å². The van der Waals surface area contributed by atoms with Crippen molar-refractivity contribution in [3.63, 3.8) is 0 Å². The van der Waals surface area contributed by atoms with Crippen LogP contribution in [0.25, 0.3) is 11.0 Å². The van der Waals surface area contributed by atoms with E-state index < -0.39 is 0 Å². The van der Waals surface area contributed by atoms with E-state index in [0.717, 1.165) is 6.42 Å². The molecule has 0 aliphatic carbocycles. The van der Waals surface area contributed by atoms with Gasteiger partial charge in [-0.3, -0.25) is 14.5 Å². The van der Waals surface area contributed by atoms with Gasteiger partial charge in [0.05, 0.1) is 12.2 Å². The Morgan fingerprint density at radius 3 is 2.64 bits per heavy atom. The van der Waals surface area contributed by atoms with Crippen LogP contribution in [0.15, 0.2) is 35.3 Å². The molecule has 0 spiro atoms. The van der Waals surface area contributed by atoms with E-state index in [4.69, 9.17) is 0 Å². The number of aromatic amines is 1. The number of nitrogens with zero attached hydrogens (tertiary/aromatic N) is 4. The van der Waals surface area contributed by atoms with Gasteiger partial charge in [0.1, 0.15) is 5.39 Å². The quantitative estimate of drug-likeness (QED) is 0.717. The summed E-state index contributed by atoms with van der Waals surface area (Å²) in [6.07, 6.45) is 2.56. The summed E-state index contributed by atoms with van der Waals surface area (Å²) in [6, 6.07) is 8.80. The van der Waals surface area contributed by atoms with Crippen molar-refractivity contribution in [3.8, 4) is 0 Å². The Morgan fingerprint density at radius 1 is 1.28 bits per heavy atom. The molecule has 0 radical (unpaired) electrons. The zero-order valence-corrected chi connectivity index (χ0v) is 15.1. The maximum Gasteiger partial charge on any atom is 0.263 e. The molecule has 1 atom stereocenters. The number of hydrogen-bond acceptors (Lipinski definition) is 5. The molecule has 7 nitrogen and oxygen atoms in total. The molecular formula is C18H24N6O. The first kappa shape index (κ1) is 17.2. The van der Waals surface area contributed by atoms with Gasteiger partial charge in [-0.25, -0.2) is 0 Å². The topological polar surface area (TPSA) is 78.8 Å². The van der Waals surface area contributed by atoms with Crippen molar-refractivity contribution in [2.24, 2.45) is 7.05 Å². The van der Waals surface area contributed by atoms with Crippen molar-refractivity contribution in [1.29, 1.82) is 0 Å². The highest BCUT2D eigenvalue weighted by molar-refractivity contribution is 5.74. The number of nitrogens with one attached hydrogen (secondary N) is 2. The molecule has 132 valence electrons. The molecule has 1 aromatic carbocycles. The second-order valence-corrected chi connectivity index (χ2v) is 6.38. The van der Waals surface area contributed by atoms with Crippen LogP contribution < -0.4 is 10.9 Å². The standard InChI is InChI=1S/C18H24N6O/c1-5-12-6-8-13(9-7-12)15(23(2)3)11-19-18-21-16-14(17(25)22-18)10-20-24(16)4/h6-10,15H,5,11H2,1-4H3,(H2,19,21,22,25)/t15-/m0/s1. The summed E-state index contributed by atoms with van der Waals surface area (Å²) in [4.78, 5) is 21.5. The minimum atomic E-state index is -0.186. The van der Waals surface area contributed by atoms with Gasteiger partial charge in [-0.15, -0.1) is 0 Å². The molecule has 25 heavy (non-hydrogen) atoms. The molecule has 0 fully saturated rings. The second kappa shape index (κ2) is 7.06. The highest BCUT2D eigenvalue weighted by atomic mass is 16.1. The third-order valence-electron chi connectivity index (χ3n) is 4.46. The molecule has 0 unspecified atom stereocenters. The van der Waals surface area contributed by atoms with Gasteiger partial charge >= 0.3 is 0 Å². The molecule has 0 saturated carbocycles. The molecule has 2 N–H and O–H groups in total. The van der Waals surface area contributed by atoms with Crippen molar-refractivity contribution in [3.05, 3.63) is 51.9 Å². The highest BCUT2D eigenvalue weighted by Gasteiger charge is 2.15. The number of anilines is 1. The van der Waals surface area contributed by atoms with Crippen LogP contribution in [-0.2, 0) is 13.5 Å². The molecule has 0 aliphatic heterocycles. The van der Waals surface area contributed by atoms with Crippen LogP contribution in [0.4, 0.5) is 5.95 Å². The minimum absolute atomic E-state index is 0.165. The van der Waals surface area contributed by atoms with E-state index in [1.165, 1.54) is 17.3 Å². The Balaban J connectivity index is 1.81. The van der Waals surface area contributed by atoms with Crippen LogP contribution in [0.2, 0.25) is 0 Å². The van der Waals surface area contributed by atoms with E-state index in [2.05, 4.69) is 56.5 Å². The van der Waals surface area contributed by atoms with Crippen LogP contribution >= 0.6 is 0 Å². The van der Waals surface area contributed by atoms with Crippen LogP contribution in [0.3, 0.4) is 0 Å². The Kier molecular flexibility index (Phi) is 4.85. The molecule has 0 saturated heterocycles. The van der Waals surface area contributed by atoms with Crippen LogP contribution in [-0.4, -0.2) is 45.3 Å². The van der Waals surface area contributed by atoms with E-state index in [-0.39, 0.29) is 11.6 Å². The van der Waals surface area contributed by atoms with Crippen LogP contribution in [0.5, 0.6) is 0 Å². The van der Waals surface area contributed by atoms with Gasteiger partial charge in [0.25, 0.3) is 5.56 Å². The average molecular weight is 340 g/mol. The van der Waals surface area contributed by atoms with Gasteiger partial charge < -0.3 is 10.2 Å². The number of fused-ring (bicyclic) bond motifs is 1. The summed E-state index contributed by atoms with van der Waals surface area (Å²) in [6.45, 7) is 2.78. The summed E-state index contributed by atoms with van der Waals surface area (Å²) < 4.78 is 1.60. The smallest absolute Gasteiger partial charge is 0.263 e. The lowest BCUT2D eigenvalue weighted by Crippen LogP contribution is -2.28. The normalized spacial score (nSPS) is 12.7. The third kappa shape index (κ3) is 3.56. The van der Waals surface area contributed by atoms with Crippen LogP contribution in [0, 0.1) is 0 Å². The first-order chi connectivity index (χ1) is 12.0. The highest BCUT2D eigenvalue weighted by Crippen LogP contribution is 2.19. The zero-order valence-electron chi connectivity index (χ0n) is 15.1. The minimum Gasteiger partial charge on any atom is -0.354 e. The summed E-state index contributed by atoms with van der Waals surface area (Å²) >= 11 is 0. The van der Waals surface area contributed by atoms with Gasteiger partial charge in [0, 0.05) is 13.6 Å². The monoisotopic (exact) mass is 340 g/mol. The van der Waals surface area contributed by atoms with Crippen molar-refractivity contribution >= 4 is 17.0 Å². The lowest BCUT2D eigenvalue weighted by Gasteiger charge is -2.25. The molecule has 2 aromatic heterocycles. The first-order valence-corrected chi connectivity index (χ1v) is 8.40. The summed E-state index contributed by atoms with van der Waals surface area (Å²) in [5.41, 5.74) is 2.93. The van der Waals surface area contributed by atoms with Gasteiger partial charge in [-0.2, -0.15) is 10.1 Å². The average Bonchev–Trinajstić information content (AvgIpc) is 2.97. The number of aryl methyl sites for hydroxylation is 2. The fourth-order valence-electron chi connectivity index (χ4n) is 2.88. The molecular weight excluding hydrogens is 316 g/mol. The van der Waals surface area contributed by atoms with E-state index in [1.807, 2.05) is 14.1 Å². The molecule has 3 rings (SSSR count). The van der Waals surface area contributed by atoms with Gasteiger partial charge in [0.15, 0.2) is 5.65 Å². The molecule has 7 heteroatoms. The Hall–Kier alpha value is -2.67. The largest absolute Gasteiger partial charge is 0.354 e. The van der Waals surface area contributed by atoms with E-state index in [0.29, 0.717) is 23.5 Å². The number of benzene rings is 1. The third-order valence-corrected chi connectivity index (χ3v) is 4.46.